The third-order valence-corrected chi connectivity index (χ3v) is 3.43. The van der Waals surface area contributed by atoms with Crippen LogP contribution in [-0.4, -0.2) is 34.3 Å². The zero-order valence-corrected chi connectivity index (χ0v) is 10.7. The molecule has 0 radical (unpaired) electrons. The van der Waals surface area contributed by atoms with Crippen LogP contribution in [0.3, 0.4) is 0 Å². The number of nitrogens with zero attached hydrogens (tertiary/aromatic N) is 3. The average molecular weight is 267 g/mol. The molecular weight excluding hydrogens is 254 g/mol. The Morgan fingerprint density at radius 2 is 2.10 bits per heavy atom. The van der Waals surface area contributed by atoms with Gasteiger partial charge >= 0.3 is 0 Å². The monoisotopic (exact) mass is 267 g/mol. The average Bonchev–Trinajstić information content (AvgIpc) is 2.91. The molecule has 2 aromatic heterocycles. The van der Waals surface area contributed by atoms with E-state index in [9.17, 15) is 0 Å². The van der Waals surface area contributed by atoms with Crippen molar-refractivity contribution in [1.82, 2.24) is 20.5 Å². The summed E-state index contributed by atoms with van der Waals surface area (Å²) < 4.78 is 5.30. The first-order chi connectivity index (χ1) is 9.88. The molecule has 0 unspecified atom stereocenters. The maximum absolute atomic E-state index is 5.30. The zero-order valence-electron chi connectivity index (χ0n) is 10.7. The standard InChI is InChI=1S/C14H13N5O/c1-2-12-13(20-8-16-12)5-9(1)11-3-4-14(19-18-11)17-10-6-15-7-10/h1-5,8,10,15H,6-7H2,(H,17,19). The van der Waals surface area contributed by atoms with E-state index >= 15 is 0 Å². The van der Waals surface area contributed by atoms with Crippen LogP contribution in [0, 0.1) is 0 Å². The van der Waals surface area contributed by atoms with E-state index in [1.54, 1.807) is 0 Å². The maximum Gasteiger partial charge on any atom is 0.181 e. The van der Waals surface area contributed by atoms with Crippen molar-refractivity contribution >= 4 is 16.9 Å². The van der Waals surface area contributed by atoms with Crippen LogP contribution in [0.4, 0.5) is 5.82 Å². The highest BCUT2D eigenvalue weighted by Crippen LogP contribution is 2.22. The summed E-state index contributed by atoms with van der Waals surface area (Å²) in [7, 11) is 0. The largest absolute Gasteiger partial charge is 0.443 e. The molecule has 3 aromatic rings. The molecule has 20 heavy (non-hydrogen) atoms. The third kappa shape index (κ3) is 2.00. The van der Waals surface area contributed by atoms with E-state index in [-0.39, 0.29) is 0 Å². The van der Waals surface area contributed by atoms with E-state index in [0.29, 0.717) is 6.04 Å². The van der Waals surface area contributed by atoms with Crippen LogP contribution < -0.4 is 10.6 Å². The van der Waals surface area contributed by atoms with Gasteiger partial charge in [0.05, 0.1) is 11.7 Å². The Balaban J connectivity index is 1.60. The van der Waals surface area contributed by atoms with Crippen LogP contribution >= 0.6 is 0 Å². The van der Waals surface area contributed by atoms with Gasteiger partial charge in [-0.3, -0.25) is 0 Å². The Morgan fingerprint density at radius 3 is 2.85 bits per heavy atom. The topological polar surface area (TPSA) is 75.9 Å². The molecular formula is C14H13N5O. The molecule has 1 fully saturated rings. The Hall–Kier alpha value is -2.47. The molecule has 0 atom stereocenters. The number of oxazole rings is 1. The Morgan fingerprint density at radius 1 is 1.15 bits per heavy atom. The molecule has 100 valence electrons. The second-order valence-corrected chi connectivity index (χ2v) is 4.84. The smallest absolute Gasteiger partial charge is 0.181 e. The van der Waals surface area contributed by atoms with Crippen molar-refractivity contribution in [1.29, 1.82) is 0 Å². The van der Waals surface area contributed by atoms with Gasteiger partial charge in [0.1, 0.15) is 11.3 Å². The van der Waals surface area contributed by atoms with Gasteiger partial charge in [0.25, 0.3) is 0 Å². The van der Waals surface area contributed by atoms with Gasteiger partial charge in [-0.1, -0.05) is 6.07 Å². The first-order valence-corrected chi connectivity index (χ1v) is 6.53. The van der Waals surface area contributed by atoms with Crippen LogP contribution in [0.5, 0.6) is 0 Å². The van der Waals surface area contributed by atoms with Gasteiger partial charge in [-0.15, -0.1) is 10.2 Å². The molecule has 0 aliphatic carbocycles. The molecule has 0 spiro atoms. The van der Waals surface area contributed by atoms with Crippen molar-refractivity contribution in [2.45, 2.75) is 6.04 Å². The Bertz CT molecular complexity index is 733. The second-order valence-electron chi connectivity index (χ2n) is 4.84. The molecule has 1 aliphatic heterocycles. The van der Waals surface area contributed by atoms with Crippen LogP contribution in [0.1, 0.15) is 0 Å². The summed E-state index contributed by atoms with van der Waals surface area (Å²) in [6.45, 7) is 1.96. The number of hydrogen-bond donors (Lipinski definition) is 2. The molecule has 3 heterocycles. The lowest BCUT2D eigenvalue weighted by Gasteiger charge is -2.28. The molecule has 0 amide bonds. The SMILES string of the molecule is c1nc2ccc(-c3ccc(NC4CNC4)nn3)cc2o1. The number of hydrogen-bond acceptors (Lipinski definition) is 6. The van der Waals surface area contributed by atoms with E-state index in [1.165, 1.54) is 6.39 Å². The number of nitrogens with one attached hydrogen (secondary N) is 2. The van der Waals surface area contributed by atoms with Gasteiger partial charge in [0.15, 0.2) is 12.0 Å². The molecule has 2 N–H and O–H groups in total. The lowest BCUT2D eigenvalue weighted by Crippen LogP contribution is -2.51. The van der Waals surface area contributed by atoms with Crippen LogP contribution in [-0.2, 0) is 0 Å². The van der Waals surface area contributed by atoms with Gasteiger partial charge in [-0.2, -0.15) is 0 Å². The van der Waals surface area contributed by atoms with Gasteiger partial charge in [0.2, 0.25) is 0 Å². The lowest BCUT2D eigenvalue weighted by molar-refractivity contribution is 0.470. The molecule has 1 aliphatic rings. The van der Waals surface area contributed by atoms with Crippen LogP contribution in [0.2, 0.25) is 0 Å². The third-order valence-electron chi connectivity index (χ3n) is 3.43. The first kappa shape index (κ1) is 11.4. The number of fused-ring (bicyclic) bond motifs is 1. The number of aromatic nitrogens is 3. The van der Waals surface area contributed by atoms with Crippen molar-refractivity contribution in [2.24, 2.45) is 0 Å². The highest BCUT2D eigenvalue weighted by Gasteiger charge is 2.16. The van der Waals surface area contributed by atoms with Gasteiger partial charge in [-0.25, -0.2) is 4.98 Å². The van der Waals surface area contributed by atoms with Crippen LogP contribution in [0.15, 0.2) is 41.1 Å². The van der Waals surface area contributed by atoms with E-state index in [2.05, 4.69) is 25.8 Å². The fraction of sp³-hybridized carbons (Fsp3) is 0.214. The predicted molar refractivity (Wildman–Crippen MR) is 75.3 cm³/mol. The van der Waals surface area contributed by atoms with Crippen molar-refractivity contribution in [3.8, 4) is 11.3 Å². The minimum atomic E-state index is 0.459. The zero-order chi connectivity index (χ0) is 13.4. The normalized spacial score (nSPS) is 15.2. The minimum Gasteiger partial charge on any atom is -0.443 e. The van der Waals surface area contributed by atoms with E-state index in [0.717, 1.165) is 41.3 Å². The maximum atomic E-state index is 5.30. The summed E-state index contributed by atoms with van der Waals surface area (Å²) >= 11 is 0. The molecule has 4 rings (SSSR count). The van der Waals surface area contributed by atoms with E-state index in [1.807, 2.05) is 30.3 Å². The molecule has 1 aromatic carbocycles. The molecule has 6 heteroatoms. The van der Waals surface area contributed by atoms with Crippen molar-refractivity contribution < 1.29 is 4.42 Å². The molecule has 0 saturated carbocycles. The van der Waals surface area contributed by atoms with Gasteiger partial charge in [0, 0.05) is 18.7 Å². The lowest BCUT2D eigenvalue weighted by atomic mass is 10.1. The molecule has 0 bridgehead atoms. The van der Waals surface area contributed by atoms with Gasteiger partial charge in [-0.05, 0) is 24.3 Å². The van der Waals surface area contributed by atoms with Gasteiger partial charge < -0.3 is 15.1 Å². The van der Waals surface area contributed by atoms with E-state index in [4.69, 9.17) is 4.42 Å². The van der Waals surface area contributed by atoms with Crippen molar-refractivity contribution in [2.75, 3.05) is 18.4 Å². The Labute approximate surface area is 115 Å². The minimum absolute atomic E-state index is 0.459. The highest BCUT2D eigenvalue weighted by atomic mass is 16.3. The van der Waals surface area contributed by atoms with Crippen molar-refractivity contribution in [3.05, 3.63) is 36.7 Å². The fourth-order valence-corrected chi connectivity index (χ4v) is 2.18. The quantitative estimate of drug-likeness (QED) is 0.751. The summed E-state index contributed by atoms with van der Waals surface area (Å²) in [6, 6.07) is 10.2. The summed E-state index contributed by atoms with van der Waals surface area (Å²) in [5.41, 5.74) is 3.39. The molecule has 1 saturated heterocycles. The Kier molecular flexibility index (Phi) is 2.60. The number of rotatable bonds is 3. The molecule has 6 nitrogen and oxygen atoms in total. The highest BCUT2D eigenvalue weighted by molar-refractivity contribution is 5.78. The van der Waals surface area contributed by atoms with E-state index < -0.39 is 0 Å². The summed E-state index contributed by atoms with van der Waals surface area (Å²) in [4.78, 5) is 4.10. The van der Waals surface area contributed by atoms with Crippen molar-refractivity contribution in [3.63, 3.8) is 0 Å². The first-order valence-electron chi connectivity index (χ1n) is 6.53. The predicted octanol–water partition coefficient (Wildman–Crippen LogP) is 1.67. The summed E-state index contributed by atoms with van der Waals surface area (Å²) in [6.07, 6.45) is 1.44. The summed E-state index contributed by atoms with van der Waals surface area (Å²) in [5.74, 6) is 0.806. The van der Waals surface area contributed by atoms with Crippen LogP contribution in [0.25, 0.3) is 22.4 Å². The summed E-state index contributed by atoms with van der Waals surface area (Å²) in [5, 5.41) is 15.0. The number of anilines is 1. The second kappa shape index (κ2) is 4.57. The fourth-order valence-electron chi connectivity index (χ4n) is 2.18. The number of benzene rings is 1.